The first-order valence-electron chi connectivity index (χ1n) is 8.14. The van der Waals surface area contributed by atoms with Crippen molar-refractivity contribution in [2.75, 3.05) is 7.11 Å². The van der Waals surface area contributed by atoms with Crippen LogP contribution in [0.15, 0.2) is 51.7 Å². The molecule has 0 bridgehead atoms. The quantitative estimate of drug-likeness (QED) is 0.311. The van der Waals surface area contributed by atoms with Crippen LogP contribution in [0.3, 0.4) is 0 Å². The number of rotatable bonds is 7. The highest BCUT2D eigenvalue weighted by Crippen LogP contribution is 2.58. The predicted octanol–water partition coefficient (Wildman–Crippen LogP) is 3.33. The zero-order valence-electron chi connectivity index (χ0n) is 14.9. The predicted molar refractivity (Wildman–Crippen MR) is 98.6 cm³/mol. The van der Waals surface area contributed by atoms with E-state index >= 15 is 0 Å². The van der Waals surface area contributed by atoms with Gasteiger partial charge in [-0.15, -0.1) is 5.11 Å². The van der Waals surface area contributed by atoms with Crippen LogP contribution in [0.5, 0.6) is 5.75 Å². The van der Waals surface area contributed by atoms with Crippen LogP contribution in [-0.2, 0) is 26.3 Å². The second-order valence-electron chi connectivity index (χ2n) is 6.34. The molecule has 3 unspecified atom stereocenters. The summed E-state index contributed by atoms with van der Waals surface area (Å²) >= 11 is -2.80. The molecule has 0 radical (unpaired) electrons. The third-order valence-corrected chi connectivity index (χ3v) is 5.65. The van der Waals surface area contributed by atoms with Gasteiger partial charge in [0.2, 0.25) is 0 Å². The summed E-state index contributed by atoms with van der Waals surface area (Å²) in [6, 6.07) is 9.51. The lowest BCUT2D eigenvalue weighted by Gasteiger charge is -2.13. The molecule has 1 fully saturated rings. The van der Waals surface area contributed by atoms with E-state index in [-0.39, 0.29) is 22.5 Å². The van der Waals surface area contributed by atoms with Gasteiger partial charge >= 0.3 is 0 Å². The fourth-order valence-corrected chi connectivity index (χ4v) is 4.32. The van der Waals surface area contributed by atoms with Gasteiger partial charge in [0.25, 0.3) is 10.1 Å². The Morgan fingerprint density at radius 2 is 1.86 bits per heavy atom. The van der Waals surface area contributed by atoms with Crippen LogP contribution in [0.1, 0.15) is 34.9 Å². The Hall–Kier alpha value is -2.34. The summed E-state index contributed by atoms with van der Waals surface area (Å²) in [5.41, 5.74) is 2.10. The molecule has 1 saturated carbocycles. The lowest BCUT2D eigenvalue weighted by Crippen LogP contribution is -2.04. The largest absolute Gasteiger partial charge is 0.740 e. The van der Waals surface area contributed by atoms with Gasteiger partial charge in [-0.25, -0.2) is 4.21 Å². The molecule has 1 aliphatic rings. The summed E-state index contributed by atoms with van der Waals surface area (Å²) in [6.45, 7) is 1.73. The van der Waals surface area contributed by atoms with E-state index in [0.717, 1.165) is 0 Å². The summed E-state index contributed by atoms with van der Waals surface area (Å²) in [4.78, 5) is 4.36. The molecule has 0 heterocycles. The molecule has 2 aromatic carbocycles. The normalized spacial score (nSPS) is 20.1. The maximum absolute atomic E-state index is 11.8. The number of hydrogen-bond donors (Lipinski definition) is 1. The third-order valence-electron chi connectivity index (χ3n) is 4.43. The van der Waals surface area contributed by atoms with E-state index in [9.17, 15) is 21.7 Å². The molecule has 0 aromatic heterocycles. The van der Waals surface area contributed by atoms with Gasteiger partial charge in [-0.3, -0.25) is 4.55 Å². The standard InChI is InChI=1S/C17H18N2O7S2/c1-10-3-5-13(17(7-10)28(22,23)24)15-9-14(15)12-6-4-11(18-19-25-2)8-16(12)26-27(20)21/h3-8,14-15H,9H2,1-2H3,(H,20,21)(H,22,23,24)/p-1. The van der Waals surface area contributed by atoms with Crippen molar-refractivity contribution >= 4 is 27.2 Å². The van der Waals surface area contributed by atoms with Gasteiger partial charge in [-0.1, -0.05) is 18.2 Å². The molecular weight excluding hydrogens is 408 g/mol. The first kappa shape index (κ1) is 20.4. The van der Waals surface area contributed by atoms with Crippen molar-refractivity contribution < 1.29 is 30.8 Å². The molecule has 1 N–H and O–H groups in total. The van der Waals surface area contributed by atoms with Crippen LogP contribution in [0, 0.1) is 6.92 Å². The third kappa shape index (κ3) is 4.55. The van der Waals surface area contributed by atoms with Crippen LogP contribution in [0.4, 0.5) is 5.69 Å². The molecule has 150 valence electrons. The molecule has 0 amide bonds. The van der Waals surface area contributed by atoms with Gasteiger partial charge in [0, 0.05) is 11.3 Å². The Bertz CT molecular complexity index is 1050. The molecule has 28 heavy (non-hydrogen) atoms. The van der Waals surface area contributed by atoms with Crippen LogP contribution in [0.25, 0.3) is 0 Å². The zero-order chi connectivity index (χ0) is 20.5. The molecular formula is C17H17N2O7S2-. The van der Waals surface area contributed by atoms with E-state index < -0.39 is 21.5 Å². The summed E-state index contributed by atoms with van der Waals surface area (Å²) in [5, 5.41) is 7.14. The van der Waals surface area contributed by atoms with Crippen molar-refractivity contribution in [1.82, 2.24) is 0 Å². The number of hydrogen-bond acceptors (Lipinski definition) is 8. The van der Waals surface area contributed by atoms with Crippen molar-refractivity contribution in [1.29, 1.82) is 0 Å². The van der Waals surface area contributed by atoms with E-state index in [2.05, 4.69) is 15.2 Å². The van der Waals surface area contributed by atoms with Crippen LogP contribution >= 0.6 is 0 Å². The summed E-state index contributed by atoms with van der Waals surface area (Å²) < 4.78 is 60.0. The lowest BCUT2D eigenvalue weighted by atomic mass is 10.0. The minimum Gasteiger partial charge on any atom is -0.740 e. The monoisotopic (exact) mass is 425 g/mol. The van der Waals surface area contributed by atoms with Crippen LogP contribution in [-0.4, -0.2) is 28.8 Å². The van der Waals surface area contributed by atoms with E-state index in [1.54, 1.807) is 31.2 Å². The highest BCUT2D eigenvalue weighted by molar-refractivity contribution is 7.85. The van der Waals surface area contributed by atoms with E-state index in [1.165, 1.54) is 19.2 Å². The average molecular weight is 425 g/mol. The van der Waals surface area contributed by atoms with E-state index in [0.29, 0.717) is 28.8 Å². The Kier molecular flexibility index (Phi) is 5.79. The molecule has 0 saturated heterocycles. The van der Waals surface area contributed by atoms with Gasteiger partial charge in [-0.05, 0) is 54.0 Å². The smallest absolute Gasteiger partial charge is 0.294 e. The van der Waals surface area contributed by atoms with Gasteiger partial charge in [-0.2, -0.15) is 8.42 Å². The molecule has 0 spiro atoms. The Morgan fingerprint density at radius 3 is 2.50 bits per heavy atom. The second-order valence-corrected chi connectivity index (χ2v) is 8.30. The van der Waals surface area contributed by atoms with E-state index in [1.807, 2.05) is 0 Å². The van der Waals surface area contributed by atoms with Crippen molar-refractivity contribution in [3.8, 4) is 5.75 Å². The topological polar surface area (TPSA) is 138 Å². The Balaban J connectivity index is 1.97. The fraction of sp³-hybridized carbons (Fsp3) is 0.294. The zero-order valence-corrected chi connectivity index (χ0v) is 16.6. The van der Waals surface area contributed by atoms with Gasteiger partial charge in [0.1, 0.15) is 24.2 Å². The summed E-state index contributed by atoms with van der Waals surface area (Å²) in [6.07, 6.45) is 0.576. The highest BCUT2D eigenvalue weighted by atomic mass is 32.2. The molecule has 1 aliphatic carbocycles. The van der Waals surface area contributed by atoms with Crippen molar-refractivity contribution in [3.63, 3.8) is 0 Å². The Morgan fingerprint density at radius 1 is 1.18 bits per heavy atom. The molecule has 0 aliphatic heterocycles. The molecule has 11 heteroatoms. The lowest BCUT2D eigenvalue weighted by molar-refractivity contribution is 0.190. The van der Waals surface area contributed by atoms with Crippen molar-refractivity contribution in [2.24, 2.45) is 10.4 Å². The molecule has 9 nitrogen and oxygen atoms in total. The van der Waals surface area contributed by atoms with E-state index in [4.69, 9.17) is 4.18 Å². The van der Waals surface area contributed by atoms with Gasteiger partial charge < -0.3 is 13.6 Å². The average Bonchev–Trinajstić information content (AvgIpc) is 3.39. The number of aryl methyl sites for hydroxylation is 1. The maximum Gasteiger partial charge on any atom is 0.294 e. The maximum atomic E-state index is 11.8. The molecule has 3 atom stereocenters. The van der Waals surface area contributed by atoms with Crippen LogP contribution in [0.2, 0.25) is 0 Å². The van der Waals surface area contributed by atoms with Gasteiger partial charge in [0.05, 0.1) is 10.6 Å². The molecule has 2 aromatic rings. The van der Waals surface area contributed by atoms with Crippen molar-refractivity contribution in [3.05, 3.63) is 53.1 Å². The van der Waals surface area contributed by atoms with Gasteiger partial charge in [0.15, 0.2) is 0 Å². The first-order chi connectivity index (χ1) is 13.2. The fourth-order valence-electron chi connectivity index (χ4n) is 3.18. The summed E-state index contributed by atoms with van der Waals surface area (Å²) in [5.74, 6) is -0.296. The number of benzene rings is 2. The minimum atomic E-state index is -4.38. The summed E-state index contributed by atoms with van der Waals surface area (Å²) in [7, 11) is -3.06. The van der Waals surface area contributed by atoms with Crippen LogP contribution < -0.4 is 4.18 Å². The highest BCUT2D eigenvalue weighted by Gasteiger charge is 2.43. The van der Waals surface area contributed by atoms with Crippen molar-refractivity contribution in [2.45, 2.75) is 30.1 Å². The number of nitrogens with zero attached hydrogens (tertiary/aromatic N) is 2. The first-order valence-corrected chi connectivity index (χ1v) is 10.6. The SMILES string of the molecule is CON=Nc1ccc(C2CC2c2ccc(C)cc2S(=O)(=O)O)c(OS(=O)[O-])c1. The minimum absolute atomic E-state index is 0.0777. The Labute approximate surface area is 164 Å². The molecule has 3 rings (SSSR count). The second kappa shape index (κ2) is 7.95.